The summed E-state index contributed by atoms with van der Waals surface area (Å²) in [4.78, 5) is 38.2. The number of benzene rings is 2. The lowest BCUT2D eigenvalue weighted by atomic mass is 9.94. The molecule has 1 aliphatic rings. The van der Waals surface area contributed by atoms with Crippen LogP contribution in [-0.4, -0.2) is 42.5 Å². The summed E-state index contributed by atoms with van der Waals surface area (Å²) >= 11 is 0. The van der Waals surface area contributed by atoms with E-state index in [1.807, 2.05) is 60.7 Å². The Morgan fingerprint density at radius 1 is 0.900 bits per heavy atom. The number of carbonyl (C=O) groups excluding carboxylic acids is 3. The third-order valence-electron chi connectivity index (χ3n) is 4.96. The minimum atomic E-state index is -0.637. The number of hydrogen-bond acceptors (Lipinski definition) is 5. The second-order valence-electron chi connectivity index (χ2n) is 7.21. The zero-order valence-corrected chi connectivity index (χ0v) is 16.8. The maximum Gasteiger partial charge on any atom is 0.410 e. The fourth-order valence-corrected chi connectivity index (χ4v) is 3.29. The Bertz CT molecular complexity index is 841. The Morgan fingerprint density at radius 2 is 1.50 bits per heavy atom. The van der Waals surface area contributed by atoms with Crippen molar-refractivity contribution in [3.63, 3.8) is 0 Å². The van der Waals surface area contributed by atoms with Crippen LogP contribution in [0.2, 0.25) is 0 Å². The molecule has 2 aromatic carbocycles. The maximum atomic E-state index is 12.5. The van der Waals surface area contributed by atoms with E-state index in [1.54, 1.807) is 4.90 Å². The van der Waals surface area contributed by atoms with E-state index in [1.165, 1.54) is 0 Å². The fraction of sp³-hybridized carbons (Fsp3) is 0.348. The first kappa shape index (κ1) is 21.4. The lowest BCUT2D eigenvalue weighted by molar-refractivity contribution is -0.123. The van der Waals surface area contributed by atoms with Crippen molar-refractivity contribution in [2.75, 3.05) is 19.6 Å². The zero-order valence-electron chi connectivity index (χ0n) is 16.8. The van der Waals surface area contributed by atoms with Crippen molar-refractivity contribution in [2.24, 2.45) is 5.92 Å². The van der Waals surface area contributed by atoms with E-state index in [9.17, 15) is 14.4 Å². The predicted octanol–water partition coefficient (Wildman–Crippen LogP) is 3.53. The van der Waals surface area contributed by atoms with E-state index in [-0.39, 0.29) is 31.5 Å². The number of ketones is 1. The number of nitrogens with zero attached hydrogens (tertiary/aromatic N) is 1. The highest BCUT2D eigenvalue weighted by Crippen LogP contribution is 2.18. The quantitative estimate of drug-likeness (QED) is 0.755. The average molecular weight is 410 g/mol. The maximum absolute atomic E-state index is 12.5. The molecular weight excluding hydrogens is 384 g/mol. The first-order valence-electron chi connectivity index (χ1n) is 10.0. The van der Waals surface area contributed by atoms with Gasteiger partial charge in [0.2, 0.25) is 0 Å². The van der Waals surface area contributed by atoms with Gasteiger partial charge in [-0.2, -0.15) is 0 Å². The number of nitrogens with one attached hydrogen (secondary N) is 1. The molecule has 0 radical (unpaired) electrons. The molecule has 1 unspecified atom stereocenters. The third kappa shape index (κ3) is 6.62. The molecule has 1 fully saturated rings. The van der Waals surface area contributed by atoms with Crippen LogP contribution < -0.4 is 5.32 Å². The molecule has 1 aliphatic heterocycles. The Morgan fingerprint density at radius 3 is 2.13 bits per heavy atom. The second-order valence-corrected chi connectivity index (χ2v) is 7.21. The molecule has 1 saturated heterocycles. The van der Waals surface area contributed by atoms with Gasteiger partial charge >= 0.3 is 12.2 Å². The summed E-state index contributed by atoms with van der Waals surface area (Å²) in [6, 6.07) is 18.8. The highest BCUT2D eigenvalue weighted by atomic mass is 16.6. The summed E-state index contributed by atoms with van der Waals surface area (Å²) in [6.07, 6.45) is 0.339. The highest BCUT2D eigenvalue weighted by Gasteiger charge is 2.29. The van der Waals surface area contributed by atoms with Gasteiger partial charge in [-0.3, -0.25) is 4.79 Å². The Hall–Kier alpha value is -3.35. The number of carbonyl (C=O) groups is 3. The molecule has 2 amide bonds. The monoisotopic (exact) mass is 410 g/mol. The largest absolute Gasteiger partial charge is 0.445 e. The molecule has 158 valence electrons. The van der Waals surface area contributed by atoms with Gasteiger partial charge in [-0.25, -0.2) is 9.59 Å². The van der Waals surface area contributed by atoms with Gasteiger partial charge in [0, 0.05) is 19.0 Å². The number of Topliss-reactive ketones (excluding diaryl/α,β-unsaturated/α-hetero) is 1. The van der Waals surface area contributed by atoms with E-state index in [2.05, 4.69) is 5.32 Å². The molecular formula is C23H26N2O5. The zero-order chi connectivity index (χ0) is 21.2. The molecule has 2 aromatic rings. The van der Waals surface area contributed by atoms with Gasteiger partial charge in [0.05, 0.1) is 6.54 Å². The van der Waals surface area contributed by atoms with Crippen molar-refractivity contribution in [2.45, 2.75) is 26.1 Å². The number of ether oxygens (including phenoxy) is 2. The van der Waals surface area contributed by atoms with Gasteiger partial charge in [0.1, 0.15) is 13.2 Å². The molecule has 0 bridgehead atoms. The highest BCUT2D eigenvalue weighted by molar-refractivity contribution is 5.86. The van der Waals surface area contributed by atoms with Crippen molar-refractivity contribution in [3.8, 4) is 0 Å². The topological polar surface area (TPSA) is 84.9 Å². The minimum absolute atomic E-state index is 0.118. The van der Waals surface area contributed by atoms with Crippen molar-refractivity contribution < 1.29 is 23.9 Å². The van der Waals surface area contributed by atoms with Gasteiger partial charge in [-0.05, 0) is 24.0 Å². The molecule has 1 N–H and O–H groups in total. The molecule has 0 aromatic heterocycles. The van der Waals surface area contributed by atoms with Crippen LogP contribution in [-0.2, 0) is 27.5 Å². The Balaban J connectivity index is 1.39. The van der Waals surface area contributed by atoms with Crippen LogP contribution in [0.25, 0.3) is 0 Å². The molecule has 0 aliphatic carbocycles. The number of likely N-dealkylation sites (tertiary alicyclic amines) is 1. The molecule has 7 nitrogen and oxygen atoms in total. The summed E-state index contributed by atoms with van der Waals surface area (Å²) in [5.74, 6) is -0.440. The predicted molar refractivity (Wildman–Crippen MR) is 111 cm³/mol. The first-order valence-corrected chi connectivity index (χ1v) is 10.0. The van der Waals surface area contributed by atoms with Gasteiger partial charge in [-0.15, -0.1) is 0 Å². The molecule has 1 atom stereocenters. The van der Waals surface area contributed by atoms with Gasteiger partial charge in [-0.1, -0.05) is 60.7 Å². The van der Waals surface area contributed by atoms with E-state index < -0.39 is 12.2 Å². The number of rotatable bonds is 7. The number of piperidine rings is 1. The lowest BCUT2D eigenvalue weighted by Gasteiger charge is -2.31. The standard InChI is InChI=1S/C23H26N2O5/c26-21(14-24-22(27)29-16-18-8-3-1-4-9-18)20-12-7-13-25(15-20)23(28)30-17-19-10-5-2-6-11-19/h1-6,8-11,20H,7,12-17H2,(H,24,27). The second kappa shape index (κ2) is 11.0. The van der Waals surface area contributed by atoms with Gasteiger partial charge < -0.3 is 19.7 Å². The molecule has 0 saturated carbocycles. The van der Waals surface area contributed by atoms with Crippen molar-refractivity contribution in [1.29, 1.82) is 0 Å². The molecule has 1 heterocycles. The van der Waals surface area contributed by atoms with E-state index in [0.29, 0.717) is 19.5 Å². The van der Waals surface area contributed by atoms with Crippen molar-refractivity contribution in [1.82, 2.24) is 10.2 Å². The lowest BCUT2D eigenvalue weighted by Crippen LogP contribution is -2.44. The van der Waals surface area contributed by atoms with Crippen LogP contribution in [0.5, 0.6) is 0 Å². The summed E-state index contributed by atoms with van der Waals surface area (Å²) in [5.41, 5.74) is 1.78. The van der Waals surface area contributed by atoms with Crippen molar-refractivity contribution in [3.05, 3.63) is 71.8 Å². The van der Waals surface area contributed by atoms with E-state index in [0.717, 1.165) is 17.5 Å². The van der Waals surface area contributed by atoms with Crippen LogP contribution in [0.4, 0.5) is 9.59 Å². The Labute approximate surface area is 176 Å². The number of hydrogen-bond donors (Lipinski definition) is 1. The summed E-state index contributed by atoms with van der Waals surface area (Å²) < 4.78 is 10.5. The van der Waals surface area contributed by atoms with Crippen LogP contribution >= 0.6 is 0 Å². The molecule has 3 rings (SSSR count). The molecule has 30 heavy (non-hydrogen) atoms. The Kier molecular flexibility index (Phi) is 7.83. The van der Waals surface area contributed by atoms with Gasteiger partial charge in [0.25, 0.3) is 0 Å². The van der Waals surface area contributed by atoms with Crippen LogP contribution in [0.3, 0.4) is 0 Å². The van der Waals surface area contributed by atoms with Gasteiger partial charge in [0.15, 0.2) is 5.78 Å². The first-order chi connectivity index (χ1) is 14.6. The number of amides is 2. The fourth-order valence-electron chi connectivity index (χ4n) is 3.29. The molecule has 0 spiro atoms. The van der Waals surface area contributed by atoms with E-state index in [4.69, 9.17) is 9.47 Å². The van der Waals surface area contributed by atoms with Crippen LogP contribution in [0.15, 0.2) is 60.7 Å². The SMILES string of the molecule is O=C(NCC(=O)C1CCCN(C(=O)OCc2ccccc2)C1)OCc1ccccc1. The van der Waals surface area contributed by atoms with Crippen LogP contribution in [0.1, 0.15) is 24.0 Å². The summed E-state index contributed by atoms with van der Waals surface area (Å²) in [7, 11) is 0. The van der Waals surface area contributed by atoms with Crippen LogP contribution in [0, 0.1) is 5.92 Å². The van der Waals surface area contributed by atoms with E-state index >= 15 is 0 Å². The van der Waals surface area contributed by atoms with Crippen molar-refractivity contribution >= 4 is 18.0 Å². The summed E-state index contributed by atoms with van der Waals surface area (Å²) in [6.45, 7) is 1.08. The average Bonchev–Trinajstić information content (AvgIpc) is 2.81. The normalized spacial score (nSPS) is 15.9. The smallest absolute Gasteiger partial charge is 0.410 e. The minimum Gasteiger partial charge on any atom is -0.445 e. The number of alkyl carbamates (subject to hydrolysis) is 1. The molecule has 7 heteroatoms. The summed E-state index contributed by atoms with van der Waals surface area (Å²) in [5, 5.41) is 2.50. The third-order valence-corrected chi connectivity index (χ3v) is 4.96.